The van der Waals surface area contributed by atoms with E-state index in [4.69, 9.17) is 9.47 Å². The van der Waals surface area contributed by atoms with Gasteiger partial charge < -0.3 is 14.0 Å². The zero-order valence-electron chi connectivity index (χ0n) is 16.6. The molecule has 2 heterocycles. The van der Waals surface area contributed by atoms with E-state index in [1.54, 1.807) is 33.8 Å². The SMILES string of the molecule is CCOC(=O)Cc1cc(-n2c(C)ccc2C)nc(NC(=O)OC(C)(C)C)n1. The lowest BCUT2D eigenvalue weighted by Gasteiger charge is -2.19. The Morgan fingerprint density at radius 2 is 1.78 bits per heavy atom. The van der Waals surface area contributed by atoms with Crippen molar-refractivity contribution in [2.24, 2.45) is 0 Å². The van der Waals surface area contributed by atoms with E-state index in [2.05, 4.69) is 15.3 Å². The van der Waals surface area contributed by atoms with Gasteiger partial charge in [-0.25, -0.2) is 9.78 Å². The van der Waals surface area contributed by atoms with Gasteiger partial charge in [0.1, 0.15) is 11.4 Å². The van der Waals surface area contributed by atoms with Gasteiger partial charge in [-0.1, -0.05) is 0 Å². The summed E-state index contributed by atoms with van der Waals surface area (Å²) in [5, 5.41) is 2.54. The van der Waals surface area contributed by atoms with Gasteiger partial charge in [0.25, 0.3) is 0 Å². The monoisotopic (exact) mass is 374 g/mol. The third-order valence-corrected chi connectivity index (χ3v) is 3.51. The number of nitrogens with one attached hydrogen (secondary N) is 1. The van der Waals surface area contributed by atoms with Crippen LogP contribution in [0.2, 0.25) is 0 Å². The minimum atomic E-state index is -0.664. The number of amides is 1. The summed E-state index contributed by atoms with van der Waals surface area (Å²) in [6, 6.07) is 5.63. The Morgan fingerprint density at radius 3 is 2.33 bits per heavy atom. The summed E-state index contributed by atoms with van der Waals surface area (Å²) in [7, 11) is 0. The zero-order valence-corrected chi connectivity index (χ0v) is 16.6. The van der Waals surface area contributed by atoms with Gasteiger partial charge >= 0.3 is 12.1 Å². The molecule has 27 heavy (non-hydrogen) atoms. The minimum absolute atomic E-state index is 0.0221. The van der Waals surface area contributed by atoms with E-state index >= 15 is 0 Å². The first-order chi connectivity index (χ1) is 12.6. The Balaban J connectivity index is 2.39. The van der Waals surface area contributed by atoms with Gasteiger partial charge in [0, 0.05) is 17.5 Å². The molecule has 8 nitrogen and oxygen atoms in total. The molecule has 0 aliphatic carbocycles. The molecule has 2 aromatic heterocycles. The lowest BCUT2D eigenvalue weighted by atomic mass is 10.2. The van der Waals surface area contributed by atoms with E-state index in [-0.39, 0.29) is 19.0 Å². The Hall–Kier alpha value is -2.90. The lowest BCUT2D eigenvalue weighted by Crippen LogP contribution is -2.28. The standard InChI is InChI=1S/C19H26N4O4/c1-7-26-16(24)11-14-10-15(23-12(2)8-9-13(23)3)21-17(20-14)22-18(25)27-19(4,5)6/h8-10H,7,11H2,1-6H3,(H,20,21,22,25). The molecular formula is C19H26N4O4. The van der Waals surface area contributed by atoms with Gasteiger partial charge in [-0.15, -0.1) is 0 Å². The first-order valence-electron chi connectivity index (χ1n) is 8.78. The van der Waals surface area contributed by atoms with Crippen molar-refractivity contribution in [2.45, 2.75) is 53.6 Å². The number of hydrogen-bond donors (Lipinski definition) is 1. The van der Waals surface area contributed by atoms with Gasteiger partial charge in [0.15, 0.2) is 0 Å². The second-order valence-corrected chi connectivity index (χ2v) is 7.10. The highest BCUT2D eigenvalue weighted by atomic mass is 16.6. The molecular weight excluding hydrogens is 348 g/mol. The molecule has 146 valence electrons. The van der Waals surface area contributed by atoms with E-state index in [9.17, 15) is 9.59 Å². The summed E-state index contributed by atoms with van der Waals surface area (Å²) in [6.45, 7) is 11.2. The predicted molar refractivity (Wildman–Crippen MR) is 101 cm³/mol. The quantitative estimate of drug-likeness (QED) is 0.807. The molecule has 1 N–H and O–H groups in total. The molecule has 0 aliphatic heterocycles. The number of rotatable bonds is 5. The number of hydrogen-bond acceptors (Lipinski definition) is 6. The average molecular weight is 374 g/mol. The van der Waals surface area contributed by atoms with E-state index in [0.29, 0.717) is 11.5 Å². The van der Waals surface area contributed by atoms with Crippen molar-refractivity contribution in [3.05, 3.63) is 35.3 Å². The lowest BCUT2D eigenvalue weighted by molar-refractivity contribution is -0.142. The number of aryl methyl sites for hydroxylation is 2. The third-order valence-electron chi connectivity index (χ3n) is 3.51. The molecule has 8 heteroatoms. The second kappa shape index (κ2) is 8.20. The molecule has 0 saturated heterocycles. The van der Waals surface area contributed by atoms with Crippen molar-refractivity contribution in [2.75, 3.05) is 11.9 Å². The fourth-order valence-corrected chi connectivity index (χ4v) is 2.53. The van der Waals surface area contributed by atoms with E-state index in [0.717, 1.165) is 11.4 Å². The maximum atomic E-state index is 12.1. The number of carbonyl (C=O) groups is 2. The van der Waals surface area contributed by atoms with Crippen molar-refractivity contribution < 1.29 is 19.1 Å². The highest BCUT2D eigenvalue weighted by Gasteiger charge is 2.19. The van der Waals surface area contributed by atoms with Crippen LogP contribution in [0.4, 0.5) is 10.7 Å². The van der Waals surface area contributed by atoms with Crippen molar-refractivity contribution in [3.8, 4) is 5.82 Å². The Labute approximate surface area is 158 Å². The van der Waals surface area contributed by atoms with Crippen LogP contribution in [0.15, 0.2) is 18.2 Å². The summed E-state index contributed by atoms with van der Waals surface area (Å²) in [5.41, 5.74) is 1.73. The van der Waals surface area contributed by atoms with Gasteiger partial charge in [-0.2, -0.15) is 4.98 Å². The van der Waals surface area contributed by atoms with Crippen LogP contribution in [0.5, 0.6) is 0 Å². The molecule has 1 amide bonds. The summed E-state index contributed by atoms with van der Waals surface area (Å²) in [6.07, 6.45) is -0.686. The number of carbonyl (C=O) groups excluding carboxylic acids is 2. The van der Waals surface area contributed by atoms with Crippen LogP contribution in [-0.2, 0) is 20.7 Å². The Morgan fingerprint density at radius 1 is 1.15 bits per heavy atom. The average Bonchev–Trinajstić information content (AvgIpc) is 2.84. The van der Waals surface area contributed by atoms with Gasteiger partial charge in [0.05, 0.1) is 18.7 Å². The first kappa shape index (κ1) is 20.4. The van der Waals surface area contributed by atoms with Crippen LogP contribution < -0.4 is 5.32 Å². The van der Waals surface area contributed by atoms with Crippen molar-refractivity contribution in [1.82, 2.24) is 14.5 Å². The third kappa shape index (κ3) is 5.80. The Bertz CT molecular complexity index is 817. The molecule has 0 bridgehead atoms. The molecule has 0 aromatic carbocycles. The van der Waals surface area contributed by atoms with Crippen LogP contribution in [0, 0.1) is 13.8 Å². The van der Waals surface area contributed by atoms with Gasteiger partial charge in [0.2, 0.25) is 5.95 Å². The smallest absolute Gasteiger partial charge is 0.414 e. The van der Waals surface area contributed by atoms with Gasteiger partial charge in [-0.05, 0) is 53.7 Å². The summed E-state index contributed by atoms with van der Waals surface area (Å²) in [4.78, 5) is 32.6. The molecule has 0 spiro atoms. The maximum absolute atomic E-state index is 12.1. The molecule has 0 aliphatic rings. The van der Waals surface area contributed by atoms with E-state index in [1.165, 1.54) is 0 Å². The number of nitrogens with zero attached hydrogens (tertiary/aromatic N) is 3. The summed E-state index contributed by atoms with van der Waals surface area (Å²) >= 11 is 0. The molecule has 0 atom stereocenters. The Kier molecular flexibility index (Phi) is 6.20. The predicted octanol–water partition coefficient (Wildman–Crippen LogP) is 3.34. The van der Waals surface area contributed by atoms with Crippen molar-refractivity contribution >= 4 is 18.0 Å². The summed E-state index contributed by atoms with van der Waals surface area (Å²) < 4.78 is 12.2. The van der Waals surface area contributed by atoms with E-state index in [1.807, 2.05) is 30.5 Å². The van der Waals surface area contributed by atoms with Crippen LogP contribution in [0.1, 0.15) is 44.8 Å². The second-order valence-electron chi connectivity index (χ2n) is 7.10. The van der Waals surface area contributed by atoms with Crippen LogP contribution in [0.3, 0.4) is 0 Å². The first-order valence-corrected chi connectivity index (χ1v) is 8.78. The number of anilines is 1. The van der Waals surface area contributed by atoms with Crippen molar-refractivity contribution in [3.63, 3.8) is 0 Å². The number of aromatic nitrogens is 3. The molecule has 0 saturated carbocycles. The minimum Gasteiger partial charge on any atom is -0.466 e. The van der Waals surface area contributed by atoms with Crippen LogP contribution >= 0.6 is 0 Å². The molecule has 0 unspecified atom stereocenters. The number of esters is 1. The summed E-state index contributed by atoms with van der Waals surface area (Å²) in [5.74, 6) is 0.218. The fourth-order valence-electron chi connectivity index (χ4n) is 2.53. The van der Waals surface area contributed by atoms with Crippen LogP contribution in [-0.4, -0.2) is 38.8 Å². The van der Waals surface area contributed by atoms with Gasteiger partial charge in [-0.3, -0.25) is 10.1 Å². The topological polar surface area (TPSA) is 95.3 Å². The normalized spacial score (nSPS) is 11.2. The largest absolute Gasteiger partial charge is 0.466 e. The zero-order chi connectivity index (χ0) is 20.2. The van der Waals surface area contributed by atoms with E-state index < -0.39 is 17.7 Å². The maximum Gasteiger partial charge on any atom is 0.414 e. The molecule has 2 aromatic rings. The molecule has 0 radical (unpaired) electrons. The molecule has 0 fully saturated rings. The fraction of sp³-hybridized carbons (Fsp3) is 0.474. The number of ether oxygens (including phenoxy) is 2. The van der Waals surface area contributed by atoms with Crippen LogP contribution in [0.25, 0.3) is 5.82 Å². The molecule has 2 rings (SSSR count). The highest BCUT2D eigenvalue weighted by molar-refractivity contribution is 5.82. The van der Waals surface area contributed by atoms with Crippen molar-refractivity contribution in [1.29, 1.82) is 0 Å². The highest BCUT2D eigenvalue weighted by Crippen LogP contribution is 2.18.